The van der Waals surface area contributed by atoms with Gasteiger partial charge in [-0.2, -0.15) is 0 Å². The van der Waals surface area contributed by atoms with Crippen LogP contribution in [0.2, 0.25) is 0 Å². The van der Waals surface area contributed by atoms with Gasteiger partial charge in [-0.1, -0.05) is 6.07 Å². The van der Waals surface area contributed by atoms with E-state index in [-0.39, 0.29) is 17.6 Å². The summed E-state index contributed by atoms with van der Waals surface area (Å²) in [6.45, 7) is 0.0929. The van der Waals surface area contributed by atoms with Crippen LogP contribution in [0.5, 0.6) is 0 Å². The van der Waals surface area contributed by atoms with Gasteiger partial charge in [-0.25, -0.2) is 9.37 Å². The average molecular weight is 252 g/mol. The Morgan fingerprint density at radius 3 is 2.83 bits per heavy atom. The number of benzene rings is 1. The van der Waals surface area contributed by atoms with E-state index in [1.807, 2.05) is 0 Å². The molecule has 3 nitrogen and oxygen atoms in total. The van der Waals surface area contributed by atoms with Crippen LogP contribution >= 0.6 is 0 Å². The summed E-state index contributed by atoms with van der Waals surface area (Å²) >= 11 is 0. The van der Waals surface area contributed by atoms with Crippen LogP contribution in [0.15, 0.2) is 29.3 Å². The van der Waals surface area contributed by atoms with Gasteiger partial charge in [0.25, 0.3) is 5.56 Å². The van der Waals surface area contributed by atoms with Crippen molar-refractivity contribution in [2.45, 2.75) is 25.8 Å². The third kappa shape index (κ3) is 2.55. The lowest BCUT2D eigenvalue weighted by Gasteiger charge is -2.06. The van der Waals surface area contributed by atoms with E-state index in [1.165, 1.54) is 23.0 Å². The molecule has 0 saturated heterocycles. The first-order valence-electron chi connectivity index (χ1n) is 5.93. The summed E-state index contributed by atoms with van der Waals surface area (Å²) in [5.41, 5.74) is -0.0154. The molecular weight excluding hydrogens is 238 g/mol. The van der Waals surface area contributed by atoms with E-state index in [9.17, 15) is 13.6 Å². The Hall–Kier alpha value is -1.78. The fourth-order valence-corrected chi connectivity index (χ4v) is 1.87. The molecule has 2 aromatic rings. The second kappa shape index (κ2) is 5.71. The second-order valence-corrected chi connectivity index (χ2v) is 4.13. The van der Waals surface area contributed by atoms with Crippen molar-refractivity contribution in [3.05, 3.63) is 40.7 Å². The number of halogens is 2. The van der Waals surface area contributed by atoms with E-state index < -0.39 is 5.82 Å². The molecule has 0 amide bonds. The van der Waals surface area contributed by atoms with Gasteiger partial charge in [0.2, 0.25) is 0 Å². The Labute approximate surface area is 103 Å². The van der Waals surface area contributed by atoms with Gasteiger partial charge in [-0.3, -0.25) is 13.8 Å². The minimum Gasteiger partial charge on any atom is -0.299 e. The van der Waals surface area contributed by atoms with E-state index in [0.29, 0.717) is 31.3 Å². The molecule has 1 aromatic heterocycles. The van der Waals surface area contributed by atoms with Gasteiger partial charge in [0.15, 0.2) is 0 Å². The van der Waals surface area contributed by atoms with E-state index in [0.717, 1.165) is 0 Å². The van der Waals surface area contributed by atoms with Gasteiger partial charge in [0.05, 0.1) is 18.5 Å². The third-order valence-electron chi connectivity index (χ3n) is 2.84. The van der Waals surface area contributed by atoms with E-state index in [2.05, 4.69) is 4.98 Å². The van der Waals surface area contributed by atoms with Gasteiger partial charge >= 0.3 is 0 Å². The Bertz CT molecular complexity index is 595. The van der Waals surface area contributed by atoms with Crippen molar-refractivity contribution < 1.29 is 8.78 Å². The Morgan fingerprint density at radius 2 is 2.06 bits per heavy atom. The molecule has 0 radical (unpaired) electrons. The van der Waals surface area contributed by atoms with Crippen molar-refractivity contribution in [2.75, 3.05) is 6.67 Å². The molecule has 0 saturated carbocycles. The smallest absolute Gasteiger partial charge is 0.264 e. The van der Waals surface area contributed by atoms with Crippen LogP contribution in [0.25, 0.3) is 10.9 Å². The van der Waals surface area contributed by atoms with E-state index in [1.54, 1.807) is 6.07 Å². The number of hydrogen-bond acceptors (Lipinski definition) is 2. The first-order valence-corrected chi connectivity index (χ1v) is 5.93. The standard InChI is InChI=1S/C13H14F2N2O/c14-7-2-1-3-8-17-9-16-11-6-4-5-10(15)12(11)13(17)18/h4-6,9H,1-3,7-8H2. The van der Waals surface area contributed by atoms with E-state index in [4.69, 9.17) is 0 Å². The van der Waals surface area contributed by atoms with E-state index >= 15 is 0 Å². The Kier molecular flexibility index (Phi) is 4.02. The summed E-state index contributed by atoms with van der Waals surface area (Å²) in [5, 5.41) is 0.0190. The highest BCUT2D eigenvalue weighted by molar-refractivity contribution is 5.77. The third-order valence-corrected chi connectivity index (χ3v) is 2.84. The van der Waals surface area contributed by atoms with Crippen LogP contribution in [0, 0.1) is 5.82 Å². The number of fused-ring (bicyclic) bond motifs is 1. The highest BCUT2D eigenvalue weighted by atomic mass is 19.1. The fourth-order valence-electron chi connectivity index (χ4n) is 1.87. The lowest BCUT2D eigenvalue weighted by atomic mass is 10.2. The molecule has 0 unspecified atom stereocenters. The van der Waals surface area contributed by atoms with Crippen LogP contribution in [-0.4, -0.2) is 16.2 Å². The largest absolute Gasteiger partial charge is 0.299 e. The van der Waals surface area contributed by atoms with Gasteiger partial charge in [-0.05, 0) is 31.4 Å². The highest BCUT2D eigenvalue weighted by Crippen LogP contribution is 2.10. The number of unbranched alkanes of at least 4 members (excludes halogenated alkanes) is 2. The molecular formula is C13H14F2N2O. The van der Waals surface area contributed by atoms with Crippen LogP contribution in [0.3, 0.4) is 0 Å². The van der Waals surface area contributed by atoms with Gasteiger partial charge in [0, 0.05) is 6.54 Å². The topological polar surface area (TPSA) is 34.9 Å². The Balaban J connectivity index is 2.28. The molecule has 5 heteroatoms. The molecule has 0 fully saturated rings. The first-order chi connectivity index (χ1) is 8.74. The zero-order chi connectivity index (χ0) is 13.0. The van der Waals surface area contributed by atoms with Crippen LogP contribution < -0.4 is 5.56 Å². The average Bonchev–Trinajstić information content (AvgIpc) is 2.37. The van der Waals surface area contributed by atoms with Gasteiger partial charge in [0.1, 0.15) is 11.2 Å². The quantitative estimate of drug-likeness (QED) is 0.767. The van der Waals surface area contributed by atoms with Crippen molar-refractivity contribution in [3.8, 4) is 0 Å². The molecule has 0 N–H and O–H groups in total. The minimum absolute atomic E-state index is 0.0190. The molecule has 0 spiro atoms. The summed E-state index contributed by atoms with van der Waals surface area (Å²) in [6, 6.07) is 4.38. The molecule has 18 heavy (non-hydrogen) atoms. The molecule has 0 aliphatic carbocycles. The molecule has 0 bridgehead atoms. The molecule has 1 heterocycles. The molecule has 2 rings (SSSR count). The second-order valence-electron chi connectivity index (χ2n) is 4.13. The van der Waals surface area contributed by atoms with Crippen LogP contribution in [0.1, 0.15) is 19.3 Å². The zero-order valence-electron chi connectivity index (χ0n) is 9.90. The monoisotopic (exact) mass is 252 g/mol. The number of aryl methyl sites for hydroxylation is 1. The van der Waals surface area contributed by atoms with Crippen molar-refractivity contribution in [2.24, 2.45) is 0 Å². The summed E-state index contributed by atoms with van der Waals surface area (Å²) in [6.07, 6.45) is 3.30. The fraction of sp³-hybridized carbons (Fsp3) is 0.385. The molecule has 0 atom stereocenters. The van der Waals surface area contributed by atoms with Crippen LogP contribution in [0.4, 0.5) is 8.78 Å². The predicted octanol–water partition coefficient (Wildman–Crippen LogP) is 2.68. The predicted molar refractivity (Wildman–Crippen MR) is 65.8 cm³/mol. The maximum Gasteiger partial charge on any atom is 0.264 e. The first kappa shape index (κ1) is 12.7. The lowest BCUT2D eigenvalue weighted by molar-refractivity contribution is 0.446. The molecule has 0 aliphatic rings. The SMILES string of the molecule is O=c1c2c(F)cccc2ncn1CCCCCF. The van der Waals surface area contributed by atoms with Crippen molar-refractivity contribution in [3.63, 3.8) is 0 Å². The zero-order valence-corrected chi connectivity index (χ0v) is 9.90. The number of hydrogen-bond donors (Lipinski definition) is 0. The van der Waals surface area contributed by atoms with Crippen molar-refractivity contribution in [1.82, 2.24) is 9.55 Å². The Morgan fingerprint density at radius 1 is 1.22 bits per heavy atom. The number of alkyl halides is 1. The number of nitrogens with zero attached hydrogens (tertiary/aromatic N) is 2. The summed E-state index contributed by atoms with van der Waals surface area (Å²) in [4.78, 5) is 16.1. The number of rotatable bonds is 5. The summed E-state index contributed by atoms with van der Waals surface area (Å²) in [5.74, 6) is -0.553. The summed E-state index contributed by atoms with van der Waals surface area (Å²) in [7, 11) is 0. The molecule has 0 aliphatic heterocycles. The normalized spacial score (nSPS) is 11.0. The maximum atomic E-state index is 13.6. The highest BCUT2D eigenvalue weighted by Gasteiger charge is 2.08. The van der Waals surface area contributed by atoms with Gasteiger partial charge < -0.3 is 0 Å². The van der Waals surface area contributed by atoms with Crippen molar-refractivity contribution >= 4 is 10.9 Å². The lowest BCUT2D eigenvalue weighted by Crippen LogP contribution is -2.21. The maximum absolute atomic E-state index is 13.6. The van der Waals surface area contributed by atoms with Crippen molar-refractivity contribution in [1.29, 1.82) is 0 Å². The summed E-state index contributed by atoms with van der Waals surface area (Å²) < 4.78 is 26.9. The molecule has 96 valence electrons. The minimum atomic E-state index is -0.553. The molecule has 1 aromatic carbocycles. The number of aromatic nitrogens is 2. The van der Waals surface area contributed by atoms with Gasteiger partial charge in [-0.15, -0.1) is 0 Å². The van der Waals surface area contributed by atoms with Crippen LogP contribution in [-0.2, 0) is 6.54 Å².